The highest BCUT2D eigenvalue weighted by atomic mass is 32.2. The fourth-order valence-electron chi connectivity index (χ4n) is 1.45. The van der Waals surface area contributed by atoms with Crippen molar-refractivity contribution in [2.45, 2.75) is 19.8 Å². The summed E-state index contributed by atoms with van der Waals surface area (Å²) in [4.78, 5) is 0. The topological polar surface area (TPSA) is 24.7 Å². The summed E-state index contributed by atoms with van der Waals surface area (Å²) < 4.78 is 0. The summed E-state index contributed by atoms with van der Waals surface area (Å²) in [6.07, 6.45) is 2.06. The molecule has 0 aliphatic carbocycles. The molecule has 86 valence electrons. The van der Waals surface area contributed by atoms with E-state index in [0.29, 0.717) is 5.92 Å². The van der Waals surface area contributed by atoms with Crippen molar-refractivity contribution in [3.05, 3.63) is 35.4 Å². The van der Waals surface area contributed by atoms with Crippen LogP contribution in [0.3, 0.4) is 0 Å². The highest BCUT2D eigenvalue weighted by Crippen LogP contribution is 2.16. The predicted octanol–water partition coefficient (Wildman–Crippen LogP) is 3.58. The van der Waals surface area contributed by atoms with Gasteiger partial charge in [-0.3, -0.25) is 0 Å². The molecule has 0 aromatic heterocycles. The zero-order chi connectivity index (χ0) is 12.0. The van der Waals surface area contributed by atoms with Crippen LogP contribution in [-0.2, 0) is 0 Å². The maximum absolute atomic E-state index is 4.07. The quantitative estimate of drug-likeness (QED) is 0.564. The molecular formula is C13H18N2S. The van der Waals surface area contributed by atoms with E-state index < -0.39 is 0 Å². The Labute approximate surface area is 102 Å². The molecule has 0 spiro atoms. The van der Waals surface area contributed by atoms with Crippen LogP contribution in [0.1, 0.15) is 30.9 Å². The Hall–Kier alpha value is -1.09. The molecule has 0 aliphatic rings. The van der Waals surface area contributed by atoms with E-state index in [-0.39, 0.29) is 0 Å². The van der Waals surface area contributed by atoms with Crippen LogP contribution in [0.5, 0.6) is 0 Å². The number of nitrogens with zero attached hydrogens (tertiary/aromatic N) is 2. The molecule has 0 fully saturated rings. The van der Waals surface area contributed by atoms with Gasteiger partial charge in [0.15, 0.2) is 0 Å². The van der Waals surface area contributed by atoms with Crippen molar-refractivity contribution in [2.24, 2.45) is 10.2 Å². The Bertz CT molecular complexity index is 366. The zero-order valence-electron chi connectivity index (χ0n) is 10.1. The summed E-state index contributed by atoms with van der Waals surface area (Å²) in [5.41, 5.74) is 3.46. The molecular weight excluding hydrogens is 216 g/mol. The molecule has 0 aliphatic heterocycles. The minimum atomic E-state index is 0.563. The Balaban J connectivity index is 2.94. The summed E-state index contributed by atoms with van der Waals surface area (Å²) >= 11 is 1.74. The van der Waals surface area contributed by atoms with Gasteiger partial charge in [0, 0.05) is 12.5 Å². The van der Waals surface area contributed by atoms with E-state index in [1.807, 2.05) is 0 Å². The second kappa shape index (κ2) is 6.48. The van der Waals surface area contributed by atoms with Gasteiger partial charge in [-0.15, -0.1) is 0 Å². The van der Waals surface area contributed by atoms with Gasteiger partial charge in [0.05, 0.1) is 5.71 Å². The molecule has 0 unspecified atom stereocenters. The van der Waals surface area contributed by atoms with Crippen LogP contribution >= 0.6 is 11.8 Å². The predicted molar refractivity (Wildman–Crippen MR) is 75.0 cm³/mol. The lowest BCUT2D eigenvalue weighted by Crippen LogP contribution is -2.04. The van der Waals surface area contributed by atoms with E-state index >= 15 is 0 Å². The van der Waals surface area contributed by atoms with Gasteiger partial charge in [0.1, 0.15) is 0 Å². The third kappa shape index (κ3) is 3.49. The van der Waals surface area contributed by atoms with Crippen molar-refractivity contribution in [1.29, 1.82) is 0 Å². The molecule has 0 saturated carbocycles. The largest absolute Gasteiger partial charge is 0.167 e. The van der Waals surface area contributed by atoms with Crippen molar-refractivity contribution in [3.8, 4) is 0 Å². The van der Waals surface area contributed by atoms with Crippen LogP contribution in [0.25, 0.3) is 0 Å². The third-order valence-corrected chi connectivity index (χ3v) is 2.95. The van der Waals surface area contributed by atoms with Crippen molar-refractivity contribution >= 4 is 24.2 Å². The van der Waals surface area contributed by atoms with E-state index in [2.05, 4.69) is 61.3 Å². The van der Waals surface area contributed by atoms with Gasteiger partial charge in [0.2, 0.25) is 0 Å². The summed E-state index contributed by atoms with van der Waals surface area (Å²) in [7, 11) is 0. The molecule has 3 heteroatoms. The smallest absolute Gasteiger partial charge is 0.0801 e. The first kappa shape index (κ1) is 13.0. The second-order valence-corrected chi connectivity index (χ2v) is 4.76. The van der Waals surface area contributed by atoms with Crippen LogP contribution in [0, 0.1) is 0 Å². The molecule has 16 heavy (non-hydrogen) atoms. The average Bonchev–Trinajstić information content (AvgIpc) is 2.29. The second-order valence-electron chi connectivity index (χ2n) is 3.90. The fraction of sp³-hybridized carbons (Fsp3) is 0.385. The van der Waals surface area contributed by atoms with Crippen LogP contribution in [-0.4, -0.2) is 24.4 Å². The molecule has 1 aromatic rings. The van der Waals surface area contributed by atoms with Gasteiger partial charge >= 0.3 is 0 Å². The molecule has 0 saturated heterocycles. The lowest BCUT2D eigenvalue weighted by molar-refractivity contribution is 0.866. The maximum atomic E-state index is 4.07. The third-order valence-electron chi connectivity index (χ3n) is 2.38. The molecule has 0 radical (unpaired) electrons. The average molecular weight is 234 g/mol. The maximum Gasteiger partial charge on any atom is 0.0801 e. The van der Waals surface area contributed by atoms with Crippen LogP contribution in [0.4, 0.5) is 0 Å². The number of benzene rings is 1. The van der Waals surface area contributed by atoms with Crippen molar-refractivity contribution in [2.75, 3.05) is 12.0 Å². The molecule has 1 aromatic carbocycles. The van der Waals surface area contributed by atoms with Crippen molar-refractivity contribution in [3.63, 3.8) is 0 Å². The van der Waals surface area contributed by atoms with Crippen LogP contribution in [0.15, 0.2) is 34.5 Å². The number of hydrogen-bond donors (Lipinski definition) is 0. The van der Waals surface area contributed by atoms with E-state index in [9.17, 15) is 0 Å². The Morgan fingerprint density at radius 3 is 2.38 bits per heavy atom. The summed E-state index contributed by atoms with van der Waals surface area (Å²) in [5.74, 6) is 1.42. The van der Waals surface area contributed by atoms with Gasteiger partial charge in [0.25, 0.3) is 0 Å². The van der Waals surface area contributed by atoms with Gasteiger partial charge in [-0.05, 0) is 23.3 Å². The summed E-state index contributed by atoms with van der Waals surface area (Å²) in [5, 5.41) is 7.68. The van der Waals surface area contributed by atoms with Gasteiger partial charge in [-0.2, -0.15) is 22.0 Å². The summed E-state index contributed by atoms with van der Waals surface area (Å²) in [6, 6.07) is 8.52. The summed E-state index contributed by atoms with van der Waals surface area (Å²) in [6.45, 7) is 7.79. The fourth-order valence-corrected chi connectivity index (χ4v) is 1.95. The molecule has 0 atom stereocenters. The first-order valence-electron chi connectivity index (χ1n) is 5.31. The number of hydrogen-bond acceptors (Lipinski definition) is 3. The van der Waals surface area contributed by atoms with Gasteiger partial charge in [-0.1, -0.05) is 38.1 Å². The van der Waals surface area contributed by atoms with E-state index in [4.69, 9.17) is 0 Å². The first-order chi connectivity index (χ1) is 7.69. The highest BCUT2D eigenvalue weighted by Gasteiger charge is 2.04. The van der Waals surface area contributed by atoms with E-state index in [1.165, 1.54) is 5.56 Å². The Kier molecular flexibility index (Phi) is 5.26. The van der Waals surface area contributed by atoms with Crippen molar-refractivity contribution < 1.29 is 0 Å². The zero-order valence-corrected chi connectivity index (χ0v) is 10.9. The number of thioether (sulfide) groups is 1. The standard InChI is InChI=1S/C13H18N2S/c1-10(2)11-5-7-12(8-6-11)13(9-16-4)15-14-3/h5-8,10H,3,9H2,1-2,4H3/b15-13+. The van der Waals surface area contributed by atoms with Gasteiger partial charge in [-0.25, -0.2) is 0 Å². The normalized spacial score (nSPS) is 11.9. The molecule has 0 N–H and O–H groups in total. The number of rotatable bonds is 5. The minimum absolute atomic E-state index is 0.563. The first-order valence-corrected chi connectivity index (χ1v) is 6.70. The molecule has 0 heterocycles. The van der Waals surface area contributed by atoms with Crippen molar-refractivity contribution in [1.82, 2.24) is 0 Å². The monoisotopic (exact) mass is 234 g/mol. The lowest BCUT2D eigenvalue weighted by atomic mass is 10.0. The minimum Gasteiger partial charge on any atom is -0.167 e. The van der Waals surface area contributed by atoms with E-state index in [1.54, 1.807) is 11.8 Å². The van der Waals surface area contributed by atoms with Crippen LogP contribution in [0.2, 0.25) is 0 Å². The molecule has 2 nitrogen and oxygen atoms in total. The lowest BCUT2D eigenvalue weighted by Gasteiger charge is -2.07. The molecule has 0 amide bonds. The van der Waals surface area contributed by atoms with E-state index in [0.717, 1.165) is 17.0 Å². The Morgan fingerprint density at radius 2 is 1.94 bits per heavy atom. The van der Waals surface area contributed by atoms with Crippen LogP contribution < -0.4 is 0 Å². The molecule has 1 rings (SSSR count). The van der Waals surface area contributed by atoms with Gasteiger partial charge < -0.3 is 0 Å². The SMILES string of the molecule is C=N/N=C(\CSC)c1ccc(C(C)C)cc1. The highest BCUT2D eigenvalue weighted by molar-refractivity contribution is 7.99. The Morgan fingerprint density at radius 1 is 1.31 bits per heavy atom. The molecule has 0 bridgehead atoms.